The molecule has 192 valence electrons. The van der Waals surface area contributed by atoms with Gasteiger partial charge in [0.1, 0.15) is 0 Å². The molecule has 1 aromatic heterocycles. The zero-order chi connectivity index (χ0) is 25.6. The minimum Gasteiger partial charge on any atom is -0.411 e. The number of nitrogens with zero attached hydrogens (tertiary/aromatic N) is 3. The van der Waals surface area contributed by atoms with E-state index >= 15 is 0 Å². The molecule has 5 rings (SSSR count). The van der Waals surface area contributed by atoms with E-state index in [-0.39, 0.29) is 0 Å². The third kappa shape index (κ3) is 4.88. The Kier molecular flexibility index (Phi) is 9.05. The molecule has 3 saturated carbocycles. The average molecular weight is 481 g/mol. The van der Waals surface area contributed by atoms with Crippen molar-refractivity contribution in [3.05, 3.63) is 48.9 Å². The first-order valence-corrected chi connectivity index (χ1v) is 13.1. The van der Waals surface area contributed by atoms with E-state index in [4.69, 9.17) is 5.21 Å². The fraction of sp³-hybridized carbons (Fsp3) is 0.621. The highest BCUT2D eigenvalue weighted by Crippen LogP contribution is 2.67. The molecule has 6 nitrogen and oxygen atoms in total. The second-order valence-corrected chi connectivity index (χ2v) is 11.1. The minimum atomic E-state index is 0.311. The molecule has 0 aliphatic heterocycles. The maximum absolute atomic E-state index is 9.44. The number of fused-ring (bicyclic) bond motifs is 5. The second-order valence-electron chi connectivity index (χ2n) is 11.1. The van der Waals surface area contributed by atoms with E-state index < -0.39 is 0 Å². The molecule has 7 atom stereocenters. The molecule has 0 aromatic carbocycles. The number of aliphatic imine (C=N–C) groups is 1. The zero-order valence-electron chi connectivity index (χ0n) is 21.9. The summed E-state index contributed by atoms with van der Waals surface area (Å²) >= 11 is 0. The lowest BCUT2D eigenvalue weighted by molar-refractivity contribution is -0.0945. The highest BCUT2D eigenvalue weighted by atomic mass is 16.4. The Hall–Kier alpha value is -2.31. The summed E-state index contributed by atoms with van der Waals surface area (Å²) in [5, 5.41) is 19.6. The summed E-state index contributed by atoms with van der Waals surface area (Å²) in [4.78, 5) is 8.01. The van der Waals surface area contributed by atoms with Crippen molar-refractivity contribution in [2.24, 2.45) is 56.5 Å². The van der Waals surface area contributed by atoms with Gasteiger partial charge in [-0.1, -0.05) is 44.6 Å². The van der Waals surface area contributed by atoms with Crippen molar-refractivity contribution in [2.45, 2.75) is 72.6 Å². The van der Waals surface area contributed by atoms with Crippen LogP contribution in [0.5, 0.6) is 0 Å². The number of aromatic nitrogens is 1. The molecular formula is C29H44N4O2. The Morgan fingerprint density at radius 2 is 1.91 bits per heavy atom. The van der Waals surface area contributed by atoms with Gasteiger partial charge in [0.2, 0.25) is 0 Å². The number of rotatable bonds is 2. The van der Waals surface area contributed by atoms with Crippen molar-refractivity contribution in [3.8, 4) is 0 Å². The molecule has 1 heterocycles. The van der Waals surface area contributed by atoms with Crippen LogP contribution in [0.25, 0.3) is 5.57 Å². The van der Waals surface area contributed by atoms with E-state index in [2.05, 4.69) is 72.8 Å². The molecule has 0 amide bonds. The number of hydrogen-bond donors (Lipinski definition) is 3. The molecule has 4 aliphatic carbocycles. The van der Waals surface area contributed by atoms with Gasteiger partial charge in [0, 0.05) is 30.7 Å². The summed E-state index contributed by atoms with van der Waals surface area (Å²) in [6.45, 7) is 12.6. The standard InChI is InChI=1S/C25H34N2O.C4H7N.H3NO/c1-16-19-7-6-18-21-9-8-20(17-5-4-14-26-15-17)25(21,3)12-10-22(18)24(19,2)13-11-23(16)27-28;1-3-5-4-2;1-2/h4-5,8,14-16,18-19,21-22,28H,6-7,9-13H2,1-3H3;3-4H,1H2,2H3;2H,1H2/b27-23+;;. The van der Waals surface area contributed by atoms with Crippen LogP contribution in [0.4, 0.5) is 0 Å². The van der Waals surface area contributed by atoms with Crippen molar-refractivity contribution in [3.63, 3.8) is 0 Å². The van der Waals surface area contributed by atoms with Gasteiger partial charge in [-0.15, -0.1) is 0 Å². The molecule has 1 aromatic rings. The Bertz CT molecular complexity index is 943. The Balaban J connectivity index is 0.000000438. The van der Waals surface area contributed by atoms with Gasteiger partial charge in [-0.05, 0) is 104 Å². The van der Waals surface area contributed by atoms with Crippen molar-refractivity contribution in [1.29, 1.82) is 0 Å². The van der Waals surface area contributed by atoms with Crippen LogP contribution in [0, 0.1) is 40.4 Å². The lowest BCUT2D eigenvalue weighted by Crippen LogP contribution is -2.55. The van der Waals surface area contributed by atoms with E-state index in [1.54, 1.807) is 11.8 Å². The van der Waals surface area contributed by atoms with Crippen LogP contribution >= 0.6 is 0 Å². The van der Waals surface area contributed by atoms with E-state index in [1.165, 1.54) is 50.3 Å². The number of hydrogen-bond acceptors (Lipinski definition) is 6. The van der Waals surface area contributed by atoms with Gasteiger partial charge in [0.05, 0.1) is 5.71 Å². The second kappa shape index (κ2) is 11.6. The number of pyridine rings is 1. The van der Waals surface area contributed by atoms with Crippen LogP contribution in [0.2, 0.25) is 0 Å². The quantitative estimate of drug-likeness (QED) is 0.247. The first-order valence-electron chi connectivity index (χ1n) is 13.1. The smallest absolute Gasteiger partial charge is 0.0602 e. The maximum atomic E-state index is 9.44. The Labute approximate surface area is 211 Å². The van der Waals surface area contributed by atoms with Gasteiger partial charge in [-0.25, -0.2) is 5.90 Å². The minimum absolute atomic E-state index is 0.311. The molecule has 0 spiro atoms. The first kappa shape index (κ1) is 27.3. The Morgan fingerprint density at radius 1 is 1.14 bits per heavy atom. The zero-order valence-corrected chi connectivity index (χ0v) is 21.9. The summed E-state index contributed by atoms with van der Waals surface area (Å²) in [5.74, 6) is 7.07. The topological polar surface area (TPSA) is 104 Å². The van der Waals surface area contributed by atoms with Crippen LogP contribution < -0.4 is 5.90 Å². The highest BCUT2D eigenvalue weighted by molar-refractivity contribution is 5.87. The molecule has 0 saturated heterocycles. The van der Waals surface area contributed by atoms with Gasteiger partial charge < -0.3 is 10.4 Å². The van der Waals surface area contributed by atoms with E-state index in [0.717, 1.165) is 29.9 Å². The molecule has 0 bridgehead atoms. The van der Waals surface area contributed by atoms with Gasteiger partial charge in [0.15, 0.2) is 0 Å². The number of allylic oxidation sites excluding steroid dienone is 2. The van der Waals surface area contributed by atoms with E-state index in [1.807, 2.05) is 13.1 Å². The molecule has 3 fully saturated rings. The van der Waals surface area contributed by atoms with Crippen LogP contribution in [0.1, 0.15) is 78.2 Å². The molecule has 7 unspecified atom stereocenters. The molecule has 4 aliphatic rings. The molecule has 6 heteroatoms. The van der Waals surface area contributed by atoms with Crippen LogP contribution in [0.15, 0.2) is 53.5 Å². The van der Waals surface area contributed by atoms with E-state index in [0.29, 0.717) is 22.7 Å². The SMILES string of the molecule is C=CN=CC.CC1/C(=N/O)CCC2(C)C1CCC1C3CC=C(c4cccnc4)C3(C)CCC12.NO. The molecule has 35 heavy (non-hydrogen) atoms. The normalized spacial score (nSPS) is 38.6. The maximum Gasteiger partial charge on any atom is 0.0602 e. The summed E-state index contributed by atoms with van der Waals surface area (Å²) in [7, 11) is 0. The Morgan fingerprint density at radius 3 is 2.51 bits per heavy atom. The van der Waals surface area contributed by atoms with Crippen LogP contribution in [-0.2, 0) is 0 Å². The predicted octanol–water partition coefficient (Wildman–Crippen LogP) is 6.75. The largest absolute Gasteiger partial charge is 0.411 e. The molecule has 0 radical (unpaired) electrons. The fourth-order valence-electron chi connectivity index (χ4n) is 8.32. The van der Waals surface area contributed by atoms with Gasteiger partial charge >= 0.3 is 0 Å². The van der Waals surface area contributed by atoms with Crippen molar-refractivity contribution < 1.29 is 10.4 Å². The average Bonchev–Trinajstić information content (AvgIpc) is 3.24. The first-order chi connectivity index (χ1) is 16.9. The predicted molar refractivity (Wildman–Crippen MR) is 143 cm³/mol. The third-order valence-corrected chi connectivity index (χ3v) is 9.93. The number of oxime groups is 1. The summed E-state index contributed by atoms with van der Waals surface area (Å²) in [6, 6.07) is 4.32. The van der Waals surface area contributed by atoms with Gasteiger partial charge in [-0.2, -0.15) is 0 Å². The highest BCUT2D eigenvalue weighted by Gasteiger charge is 2.59. The fourth-order valence-corrected chi connectivity index (χ4v) is 8.32. The molecule has 4 N–H and O–H groups in total. The number of nitrogens with two attached hydrogens (primary N) is 1. The lowest BCUT2D eigenvalue weighted by atomic mass is 9.43. The van der Waals surface area contributed by atoms with Crippen LogP contribution in [-0.4, -0.2) is 27.3 Å². The van der Waals surface area contributed by atoms with Crippen molar-refractivity contribution in [1.82, 2.24) is 4.98 Å². The van der Waals surface area contributed by atoms with E-state index in [9.17, 15) is 5.21 Å². The van der Waals surface area contributed by atoms with Gasteiger partial charge in [0.25, 0.3) is 0 Å². The molecular weight excluding hydrogens is 436 g/mol. The summed E-state index contributed by atoms with van der Waals surface area (Å²) in [5.41, 5.74) is 4.66. The third-order valence-electron chi connectivity index (χ3n) is 9.93. The van der Waals surface area contributed by atoms with Crippen molar-refractivity contribution in [2.75, 3.05) is 0 Å². The van der Waals surface area contributed by atoms with Gasteiger partial charge in [-0.3, -0.25) is 9.98 Å². The van der Waals surface area contributed by atoms with Crippen LogP contribution in [0.3, 0.4) is 0 Å². The summed E-state index contributed by atoms with van der Waals surface area (Å²) < 4.78 is 0. The van der Waals surface area contributed by atoms with Crippen molar-refractivity contribution >= 4 is 17.5 Å². The monoisotopic (exact) mass is 480 g/mol. The summed E-state index contributed by atoms with van der Waals surface area (Å²) in [6.07, 6.45) is 18.4. The lowest BCUT2D eigenvalue weighted by Gasteiger charge is -2.61.